The highest BCUT2D eigenvalue weighted by Gasteiger charge is 2.30. The van der Waals surface area contributed by atoms with E-state index in [-0.39, 0.29) is 22.8 Å². The number of allylic oxidation sites excluding steroid dienone is 1. The van der Waals surface area contributed by atoms with Gasteiger partial charge in [0, 0.05) is 47.3 Å². The minimum Gasteiger partial charge on any atom is -0.508 e. The smallest absolute Gasteiger partial charge is 0.150 e. The molecule has 0 amide bonds. The van der Waals surface area contributed by atoms with Crippen molar-refractivity contribution in [1.82, 2.24) is 4.90 Å². The van der Waals surface area contributed by atoms with Gasteiger partial charge in [-0.2, -0.15) is 0 Å². The Morgan fingerprint density at radius 2 is 1.79 bits per heavy atom. The average molecular weight is 465 g/mol. The number of phenols is 2. The molecule has 170 valence electrons. The minimum absolute atomic E-state index is 0.0229. The summed E-state index contributed by atoms with van der Waals surface area (Å²) >= 11 is 1.49. The van der Waals surface area contributed by atoms with Crippen LogP contribution in [0.25, 0.3) is 11.1 Å². The molecule has 0 aliphatic carbocycles. The number of benzene rings is 3. The zero-order valence-corrected chi connectivity index (χ0v) is 18.9. The van der Waals surface area contributed by atoms with E-state index in [0.717, 1.165) is 23.4 Å². The third-order valence-electron chi connectivity index (χ3n) is 5.91. The molecule has 0 saturated carbocycles. The summed E-state index contributed by atoms with van der Waals surface area (Å²) in [4.78, 5) is 3.13. The van der Waals surface area contributed by atoms with Crippen LogP contribution in [0, 0.1) is 0 Å². The van der Waals surface area contributed by atoms with Gasteiger partial charge in [-0.1, -0.05) is 31.2 Å². The molecule has 4 nitrogen and oxygen atoms in total. The maximum Gasteiger partial charge on any atom is 0.150 e. The van der Waals surface area contributed by atoms with E-state index < -0.39 is 18.2 Å². The van der Waals surface area contributed by atoms with Crippen LogP contribution in [0.4, 0.5) is 0 Å². The van der Waals surface area contributed by atoms with Gasteiger partial charge in [-0.3, -0.25) is 0 Å². The summed E-state index contributed by atoms with van der Waals surface area (Å²) in [6, 6.07) is 18.4. The second-order valence-electron chi connectivity index (χ2n) is 8.29. The molecule has 0 spiro atoms. The van der Waals surface area contributed by atoms with E-state index in [9.17, 15) is 10.2 Å². The number of aromatic hydroxyl groups is 2. The second-order valence-corrected chi connectivity index (χ2v) is 9.54. The fourth-order valence-electron chi connectivity index (χ4n) is 4.22. The Morgan fingerprint density at radius 1 is 1.03 bits per heavy atom. The number of nitrogens with zero attached hydrogens (tertiary/aromatic N) is 1. The number of hydrogen-bond donors (Lipinski definition) is 2. The van der Waals surface area contributed by atoms with E-state index in [0.29, 0.717) is 36.7 Å². The maximum atomic E-state index is 10.1. The van der Waals surface area contributed by atoms with E-state index in [4.69, 9.17) is 11.6 Å². The first-order chi connectivity index (χ1) is 18.1. The fourth-order valence-corrected chi connectivity index (χ4v) is 5.32. The van der Waals surface area contributed by atoms with Gasteiger partial charge in [0.25, 0.3) is 0 Å². The molecule has 5 heteroatoms. The van der Waals surface area contributed by atoms with Crippen molar-refractivity contribution >= 4 is 22.9 Å². The molecule has 33 heavy (non-hydrogen) atoms. The zero-order valence-electron chi connectivity index (χ0n) is 23.1. The van der Waals surface area contributed by atoms with Crippen LogP contribution in [-0.4, -0.2) is 40.0 Å². The van der Waals surface area contributed by atoms with Crippen molar-refractivity contribution in [1.29, 1.82) is 0 Å². The highest BCUT2D eigenvalue weighted by molar-refractivity contribution is 8.00. The van der Waals surface area contributed by atoms with Crippen LogP contribution in [0.1, 0.15) is 49.8 Å². The van der Waals surface area contributed by atoms with Crippen LogP contribution in [0.3, 0.4) is 0 Å². The molecule has 0 bridgehead atoms. The summed E-state index contributed by atoms with van der Waals surface area (Å²) in [6.45, 7) is 0.0814. The average Bonchev–Trinajstić information content (AvgIpc) is 2.85. The van der Waals surface area contributed by atoms with Crippen molar-refractivity contribution in [2.75, 3.05) is 19.6 Å². The molecule has 1 unspecified atom stereocenters. The van der Waals surface area contributed by atoms with Gasteiger partial charge in [0.2, 0.25) is 0 Å². The number of thioether (sulfide) groups is 1. The molecule has 1 saturated heterocycles. The van der Waals surface area contributed by atoms with Crippen LogP contribution >= 0.6 is 11.8 Å². The Kier molecular flexibility index (Phi) is 4.63. The number of rotatable bonds is 6. The second kappa shape index (κ2) is 9.16. The van der Waals surface area contributed by atoms with Gasteiger partial charge in [0.15, 0.2) is 0 Å². The summed E-state index contributed by atoms with van der Waals surface area (Å²) in [6.07, 6.45) is 0.0460. The predicted molar refractivity (Wildman–Crippen MR) is 135 cm³/mol. The van der Waals surface area contributed by atoms with Crippen LogP contribution in [0.5, 0.6) is 17.2 Å². The maximum absolute atomic E-state index is 10.1. The Labute approximate surface area is 206 Å². The largest absolute Gasteiger partial charge is 0.508 e. The molecule has 3 aromatic carbocycles. The molecule has 0 radical (unpaired) electrons. The molecule has 5 rings (SSSR count). The fraction of sp³-hybridized carbons (Fsp3) is 0.286. The lowest BCUT2D eigenvalue weighted by molar-refractivity contribution is 0.191. The molecule has 2 aliphatic rings. The zero-order chi connectivity index (χ0) is 27.1. The van der Waals surface area contributed by atoms with Gasteiger partial charge in [0.05, 0.1) is 0 Å². The molecular formula is C28H29NO3S. The summed E-state index contributed by atoms with van der Waals surface area (Å²) in [5.74, 6) is 0.336. The highest BCUT2D eigenvalue weighted by Crippen LogP contribution is 2.47. The van der Waals surface area contributed by atoms with E-state index >= 15 is 0 Å². The van der Waals surface area contributed by atoms with Crippen molar-refractivity contribution in [3.8, 4) is 17.2 Å². The standard InChI is InChI=1S/C28H29NO3S/c1-3-14-29-16-24(17-29)33-23-11-6-20(7-12-23)28-27(19-4-8-21(30)9-5-19)18(2)25-13-10-22(31)15-26(25)32-28/h4-13,15,24,28,30-31H,3,14,16-17H2,1-2H3/i1D,2D3,24D. The monoisotopic (exact) mass is 464 g/mol. The Balaban J connectivity index is 1.50. The highest BCUT2D eigenvalue weighted by atomic mass is 32.2. The normalized spacial score (nSPS) is 22.1. The number of ether oxygens (including phenoxy) is 1. The van der Waals surface area contributed by atoms with Gasteiger partial charge in [0.1, 0.15) is 23.4 Å². The lowest BCUT2D eigenvalue weighted by Crippen LogP contribution is -2.48. The lowest BCUT2D eigenvalue weighted by atomic mass is 9.86. The SMILES string of the molecule is [2H]CCCN1CC([2H])(Sc2ccc(C3Oc4cc(O)ccc4C(C([2H])([2H])[2H])=C3c3ccc(O)cc3)cc2)C1. The van der Waals surface area contributed by atoms with Crippen molar-refractivity contribution < 1.29 is 21.8 Å². The van der Waals surface area contributed by atoms with E-state index in [1.165, 1.54) is 36.0 Å². The number of phenolic OH excluding ortho intramolecular Hbond substituents is 2. The van der Waals surface area contributed by atoms with Gasteiger partial charge in [-0.15, -0.1) is 11.8 Å². The number of likely N-dealkylation sites (tertiary alicyclic amines) is 1. The van der Waals surface area contributed by atoms with E-state index in [2.05, 4.69) is 4.90 Å². The molecule has 2 N–H and O–H groups in total. The minimum atomic E-state index is -2.47. The molecule has 1 atom stereocenters. The Morgan fingerprint density at radius 3 is 2.52 bits per heavy atom. The van der Waals surface area contributed by atoms with Crippen molar-refractivity contribution in [3.63, 3.8) is 0 Å². The lowest BCUT2D eigenvalue weighted by Gasteiger charge is -2.38. The summed E-state index contributed by atoms with van der Waals surface area (Å²) in [5, 5.41) is 19.3. The first-order valence-electron chi connectivity index (χ1n) is 13.6. The van der Waals surface area contributed by atoms with Crippen LogP contribution in [0.2, 0.25) is 0 Å². The Bertz CT molecular complexity index is 1340. The molecular weight excluding hydrogens is 430 g/mol. The molecule has 2 heterocycles. The molecule has 3 aromatic rings. The van der Waals surface area contributed by atoms with Crippen molar-refractivity contribution in [3.05, 3.63) is 83.4 Å². The number of hydrogen-bond acceptors (Lipinski definition) is 5. The third kappa shape index (κ3) is 4.48. The topological polar surface area (TPSA) is 52.9 Å². The van der Waals surface area contributed by atoms with Crippen molar-refractivity contribution in [2.24, 2.45) is 0 Å². The van der Waals surface area contributed by atoms with Gasteiger partial charge in [-0.05, 0) is 72.9 Å². The summed E-state index contributed by atoms with van der Waals surface area (Å²) < 4.78 is 47.5. The van der Waals surface area contributed by atoms with Gasteiger partial charge >= 0.3 is 0 Å². The van der Waals surface area contributed by atoms with Crippen LogP contribution in [-0.2, 0) is 0 Å². The van der Waals surface area contributed by atoms with Crippen LogP contribution < -0.4 is 4.74 Å². The van der Waals surface area contributed by atoms with Gasteiger partial charge in [-0.25, -0.2) is 0 Å². The molecule has 1 fully saturated rings. The quantitative estimate of drug-likeness (QED) is 0.445. The third-order valence-corrected chi connectivity index (χ3v) is 6.96. The van der Waals surface area contributed by atoms with E-state index in [1.54, 1.807) is 18.2 Å². The first-order valence-corrected chi connectivity index (χ1v) is 11.7. The molecule has 2 aliphatic heterocycles. The van der Waals surface area contributed by atoms with Crippen molar-refractivity contribution in [2.45, 2.75) is 36.4 Å². The summed E-state index contributed by atoms with van der Waals surface area (Å²) in [5.41, 5.74) is 2.36. The van der Waals surface area contributed by atoms with Gasteiger partial charge < -0.3 is 19.8 Å². The van der Waals surface area contributed by atoms with E-state index in [1.807, 2.05) is 24.3 Å². The predicted octanol–water partition coefficient (Wildman–Crippen LogP) is 6.35. The van der Waals surface area contributed by atoms with Crippen LogP contribution in [0.15, 0.2) is 71.6 Å². The number of fused-ring (bicyclic) bond motifs is 1. The molecule has 0 aromatic heterocycles. The first kappa shape index (κ1) is 16.7. The Hall–Kier alpha value is -2.89. The summed E-state index contributed by atoms with van der Waals surface area (Å²) in [7, 11) is 0.